The van der Waals surface area contributed by atoms with Crippen LogP contribution in [0, 0.1) is 5.92 Å². The van der Waals surface area contributed by atoms with Gasteiger partial charge in [-0.25, -0.2) is 0 Å². The number of phenols is 1. The van der Waals surface area contributed by atoms with Gasteiger partial charge in [0.2, 0.25) is 0 Å². The van der Waals surface area contributed by atoms with Gasteiger partial charge >= 0.3 is 5.97 Å². The lowest BCUT2D eigenvalue weighted by Gasteiger charge is -2.32. The molecule has 1 N–H and O–H groups in total. The number of hydrogen-bond donors (Lipinski definition) is 1. The Kier molecular flexibility index (Phi) is 5.19. The summed E-state index contributed by atoms with van der Waals surface area (Å²) in [5, 5.41) is 10.4. The third-order valence-electron chi connectivity index (χ3n) is 4.68. The van der Waals surface area contributed by atoms with Crippen LogP contribution in [0.4, 0.5) is 0 Å². The lowest BCUT2D eigenvalue weighted by atomic mass is 9.85. The quantitative estimate of drug-likeness (QED) is 0.864. The summed E-state index contributed by atoms with van der Waals surface area (Å²) in [5.41, 5.74) is 0.788. The predicted molar refractivity (Wildman–Crippen MR) is 88.8 cm³/mol. The van der Waals surface area contributed by atoms with Crippen LogP contribution in [0.5, 0.6) is 11.5 Å². The van der Waals surface area contributed by atoms with Crippen molar-refractivity contribution < 1.29 is 19.4 Å². The summed E-state index contributed by atoms with van der Waals surface area (Å²) in [6.07, 6.45) is 0.339. The number of aromatic hydroxyl groups is 1. The molecule has 2 rings (SSSR count). The zero-order chi connectivity index (χ0) is 17.2. The molecule has 1 aromatic rings. The maximum atomic E-state index is 11.8. The first-order valence-corrected chi connectivity index (χ1v) is 7.95. The first-order chi connectivity index (χ1) is 10.8. The third-order valence-corrected chi connectivity index (χ3v) is 4.68. The minimum Gasteiger partial charge on any atom is -0.508 e. The molecule has 1 aliphatic heterocycles. The second-order valence-electron chi connectivity index (χ2n) is 7.12. The normalized spacial score (nSPS) is 22.1. The molecule has 23 heavy (non-hydrogen) atoms. The van der Waals surface area contributed by atoms with Crippen molar-refractivity contribution in [3.63, 3.8) is 0 Å². The van der Waals surface area contributed by atoms with Crippen molar-refractivity contribution in [2.75, 3.05) is 27.3 Å². The third kappa shape index (κ3) is 3.78. The van der Waals surface area contributed by atoms with Crippen LogP contribution in [0.3, 0.4) is 0 Å². The largest absolute Gasteiger partial charge is 0.508 e. The van der Waals surface area contributed by atoms with Crippen LogP contribution in [0.25, 0.3) is 0 Å². The lowest BCUT2D eigenvalue weighted by Crippen LogP contribution is -2.39. The summed E-state index contributed by atoms with van der Waals surface area (Å²) < 4.78 is 10.3. The summed E-state index contributed by atoms with van der Waals surface area (Å²) in [4.78, 5) is 14.2. The molecule has 1 heterocycles. The fraction of sp³-hybridized carbons (Fsp3) is 0.611. The Balaban J connectivity index is 2.38. The molecule has 0 aromatic heterocycles. The van der Waals surface area contributed by atoms with Crippen LogP contribution < -0.4 is 4.74 Å². The number of rotatable bonds is 4. The van der Waals surface area contributed by atoms with Gasteiger partial charge in [0.05, 0.1) is 20.6 Å². The molecule has 0 amide bonds. The molecule has 0 aliphatic carbocycles. The maximum absolute atomic E-state index is 11.8. The van der Waals surface area contributed by atoms with Crippen molar-refractivity contribution in [2.45, 2.75) is 38.6 Å². The lowest BCUT2D eigenvalue weighted by molar-refractivity contribution is -0.141. The average molecular weight is 321 g/mol. The Morgan fingerprint density at radius 3 is 2.57 bits per heavy atom. The molecule has 1 fully saturated rings. The van der Waals surface area contributed by atoms with Crippen LogP contribution in [0.2, 0.25) is 0 Å². The first-order valence-electron chi connectivity index (χ1n) is 7.95. The molecule has 5 nitrogen and oxygen atoms in total. The SMILES string of the molecule is COC(=O)C[C@H]1CN(C(C)(C)C)C[C@@H]1c1c(O)cccc1OC. The monoisotopic (exact) mass is 321 g/mol. The average Bonchev–Trinajstić information content (AvgIpc) is 2.90. The number of hydrogen-bond acceptors (Lipinski definition) is 5. The number of benzene rings is 1. The molecule has 1 aliphatic rings. The van der Waals surface area contributed by atoms with Gasteiger partial charge < -0.3 is 14.6 Å². The van der Waals surface area contributed by atoms with Gasteiger partial charge in [0.1, 0.15) is 11.5 Å². The smallest absolute Gasteiger partial charge is 0.305 e. The zero-order valence-corrected chi connectivity index (χ0v) is 14.6. The molecule has 0 unspecified atom stereocenters. The topological polar surface area (TPSA) is 59.0 Å². The van der Waals surface area contributed by atoms with E-state index in [0.717, 1.165) is 18.7 Å². The molecular weight excluding hydrogens is 294 g/mol. The summed E-state index contributed by atoms with van der Waals surface area (Å²) >= 11 is 0. The van der Waals surface area contributed by atoms with Crippen LogP contribution in [-0.4, -0.2) is 48.8 Å². The molecule has 1 saturated heterocycles. The number of carbonyl (C=O) groups is 1. The minimum absolute atomic E-state index is 0.000748. The van der Waals surface area contributed by atoms with Crippen LogP contribution in [-0.2, 0) is 9.53 Å². The molecule has 1 aromatic carbocycles. The molecule has 5 heteroatoms. The van der Waals surface area contributed by atoms with Crippen molar-refractivity contribution in [3.05, 3.63) is 23.8 Å². The van der Waals surface area contributed by atoms with E-state index in [1.165, 1.54) is 7.11 Å². The van der Waals surface area contributed by atoms with E-state index in [0.29, 0.717) is 12.2 Å². The number of carbonyl (C=O) groups excluding carboxylic acids is 1. The van der Waals surface area contributed by atoms with Gasteiger partial charge in [-0.3, -0.25) is 9.69 Å². The molecular formula is C18H27NO4. The highest BCUT2D eigenvalue weighted by molar-refractivity contribution is 5.70. The number of likely N-dealkylation sites (tertiary alicyclic amines) is 1. The van der Waals surface area contributed by atoms with E-state index in [9.17, 15) is 9.90 Å². The summed E-state index contributed by atoms with van der Waals surface area (Å²) in [7, 11) is 3.01. The summed E-state index contributed by atoms with van der Waals surface area (Å²) in [6, 6.07) is 5.29. The Morgan fingerprint density at radius 1 is 1.30 bits per heavy atom. The first kappa shape index (κ1) is 17.6. The molecule has 0 saturated carbocycles. The van der Waals surface area contributed by atoms with Crippen molar-refractivity contribution >= 4 is 5.97 Å². The van der Waals surface area contributed by atoms with Gasteiger partial charge in [-0.2, -0.15) is 0 Å². The Labute approximate surface area is 138 Å². The Hall–Kier alpha value is -1.75. The standard InChI is InChI=1S/C18H27NO4/c1-18(2,3)19-10-12(9-16(21)23-5)13(11-19)17-14(20)7-6-8-15(17)22-4/h6-8,12-13,20H,9-11H2,1-5H3/t12-,13-/m0/s1. The molecule has 2 atom stereocenters. The molecule has 0 bridgehead atoms. The second kappa shape index (κ2) is 6.79. The number of esters is 1. The van der Waals surface area contributed by atoms with Gasteiger partial charge in [0.25, 0.3) is 0 Å². The number of methoxy groups -OCH3 is 2. The van der Waals surface area contributed by atoms with E-state index in [4.69, 9.17) is 9.47 Å². The van der Waals surface area contributed by atoms with Gasteiger partial charge in [-0.15, -0.1) is 0 Å². The van der Waals surface area contributed by atoms with E-state index in [1.54, 1.807) is 19.2 Å². The van der Waals surface area contributed by atoms with Crippen molar-refractivity contribution in [1.82, 2.24) is 4.90 Å². The fourth-order valence-electron chi connectivity index (χ4n) is 3.33. The maximum Gasteiger partial charge on any atom is 0.305 e. The zero-order valence-electron chi connectivity index (χ0n) is 14.6. The van der Waals surface area contributed by atoms with E-state index in [1.807, 2.05) is 6.07 Å². The summed E-state index contributed by atoms with van der Waals surface area (Å²) in [5.74, 6) is 0.791. The molecule has 128 valence electrons. The second-order valence-corrected chi connectivity index (χ2v) is 7.12. The number of nitrogens with zero attached hydrogens (tertiary/aromatic N) is 1. The predicted octanol–water partition coefficient (Wildman–Crippen LogP) is 2.78. The van der Waals surface area contributed by atoms with Gasteiger partial charge in [0.15, 0.2) is 0 Å². The Bertz CT molecular complexity index is 565. The highest BCUT2D eigenvalue weighted by atomic mass is 16.5. The van der Waals surface area contributed by atoms with E-state index >= 15 is 0 Å². The van der Waals surface area contributed by atoms with Crippen molar-refractivity contribution in [1.29, 1.82) is 0 Å². The number of phenolic OH excluding ortho intramolecular Hbond substituents is 1. The van der Waals surface area contributed by atoms with E-state index in [2.05, 4.69) is 25.7 Å². The van der Waals surface area contributed by atoms with E-state index in [-0.39, 0.29) is 29.1 Å². The van der Waals surface area contributed by atoms with E-state index < -0.39 is 0 Å². The highest BCUT2D eigenvalue weighted by Crippen LogP contribution is 2.44. The Morgan fingerprint density at radius 2 is 2.00 bits per heavy atom. The minimum atomic E-state index is -0.217. The van der Waals surface area contributed by atoms with Gasteiger partial charge in [0, 0.05) is 30.1 Å². The van der Waals surface area contributed by atoms with Crippen LogP contribution >= 0.6 is 0 Å². The van der Waals surface area contributed by atoms with Crippen molar-refractivity contribution in [2.24, 2.45) is 5.92 Å². The fourth-order valence-corrected chi connectivity index (χ4v) is 3.33. The van der Waals surface area contributed by atoms with Crippen molar-refractivity contribution in [3.8, 4) is 11.5 Å². The number of ether oxygens (including phenoxy) is 2. The van der Waals surface area contributed by atoms with Gasteiger partial charge in [-0.1, -0.05) is 6.07 Å². The highest BCUT2D eigenvalue weighted by Gasteiger charge is 2.41. The molecule has 0 spiro atoms. The van der Waals surface area contributed by atoms with Gasteiger partial charge in [-0.05, 0) is 38.8 Å². The molecule has 0 radical (unpaired) electrons. The van der Waals surface area contributed by atoms with Crippen LogP contribution in [0.1, 0.15) is 38.7 Å². The van der Waals surface area contributed by atoms with Crippen LogP contribution in [0.15, 0.2) is 18.2 Å². The summed E-state index contributed by atoms with van der Waals surface area (Å²) in [6.45, 7) is 8.05.